The van der Waals surface area contributed by atoms with Gasteiger partial charge in [-0.1, -0.05) is 11.6 Å². The van der Waals surface area contributed by atoms with Crippen LogP contribution in [0.2, 0.25) is 0 Å². The summed E-state index contributed by atoms with van der Waals surface area (Å²) in [5.74, 6) is -0.0684. The van der Waals surface area contributed by atoms with Gasteiger partial charge < -0.3 is 9.88 Å². The highest BCUT2D eigenvalue weighted by Crippen LogP contribution is 2.17. The van der Waals surface area contributed by atoms with Crippen LogP contribution in [0.5, 0.6) is 0 Å². The lowest BCUT2D eigenvalue weighted by Crippen LogP contribution is -2.25. The minimum absolute atomic E-state index is 0.0684. The fourth-order valence-corrected chi connectivity index (χ4v) is 2.57. The SMILES string of the molecule is Cc1ccc2c(ccn2CCCNC(=O)c2cccnc2)c1. The molecule has 0 aliphatic heterocycles. The maximum atomic E-state index is 11.9. The second-order valence-corrected chi connectivity index (χ2v) is 5.42. The molecule has 0 saturated carbocycles. The number of fused-ring (bicyclic) bond motifs is 1. The summed E-state index contributed by atoms with van der Waals surface area (Å²) in [7, 11) is 0. The molecule has 4 nitrogen and oxygen atoms in total. The zero-order chi connectivity index (χ0) is 15.4. The topological polar surface area (TPSA) is 46.9 Å². The van der Waals surface area contributed by atoms with Gasteiger partial charge in [-0.25, -0.2) is 0 Å². The molecule has 0 spiro atoms. The van der Waals surface area contributed by atoms with Crippen molar-refractivity contribution in [2.24, 2.45) is 0 Å². The van der Waals surface area contributed by atoms with E-state index in [1.807, 2.05) is 0 Å². The molecule has 0 unspecified atom stereocenters. The van der Waals surface area contributed by atoms with Gasteiger partial charge in [0, 0.05) is 37.2 Å². The van der Waals surface area contributed by atoms with Crippen molar-refractivity contribution in [3.05, 3.63) is 66.1 Å². The molecule has 1 aromatic carbocycles. The molecule has 3 rings (SSSR count). The van der Waals surface area contributed by atoms with E-state index in [-0.39, 0.29) is 5.91 Å². The Bertz CT molecular complexity index is 777. The Morgan fingerprint density at radius 2 is 2.18 bits per heavy atom. The van der Waals surface area contributed by atoms with Crippen LogP contribution in [0, 0.1) is 6.92 Å². The third-order valence-electron chi connectivity index (χ3n) is 3.71. The quantitative estimate of drug-likeness (QED) is 0.734. The van der Waals surface area contributed by atoms with E-state index in [0.717, 1.165) is 13.0 Å². The fraction of sp³-hybridized carbons (Fsp3) is 0.222. The van der Waals surface area contributed by atoms with Gasteiger partial charge in [0.05, 0.1) is 5.56 Å². The van der Waals surface area contributed by atoms with Crippen LogP contribution >= 0.6 is 0 Å². The number of rotatable bonds is 5. The molecule has 0 bridgehead atoms. The first-order chi connectivity index (χ1) is 10.7. The maximum absolute atomic E-state index is 11.9. The van der Waals surface area contributed by atoms with E-state index in [1.54, 1.807) is 24.5 Å². The van der Waals surface area contributed by atoms with E-state index < -0.39 is 0 Å². The third kappa shape index (κ3) is 3.17. The second kappa shape index (κ2) is 6.43. The van der Waals surface area contributed by atoms with E-state index in [9.17, 15) is 4.79 Å². The standard InChI is InChI=1S/C18H19N3O/c1-14-5-6-17-15(12-14)7-11-21(17)10-3-9-20-18(22)16-4-2-8-19-13-16/h2,4-8,11-13H,3,9-10H2,1H3,(H,20,22). The Morgan fingerprint density at radius 3 is 3.00 bits per heavy atom. The van der Waals surface area contributed by atoms with Gasteiger partial charge in [-0.3, -0.25) is 9.78 Å². The third-order valence-corrected chi connectivity index (χ3v) is 3.71. The number of nitrogens with zero attached hydrogens (tertiary/aromatic N) is 2. The number of carbonyl (C=O) groups is 1. The van der Waals surface area contributed by atoms with Gasteiger partial charge in [-0.15, -0.1) is 0 Å². The number of nitrogens with one attached hydrogen (secondary N) is 1. The molecule has 2 heterocycles. The summed E-state index contributed by atoms with van der Waals surface area (Å²) in [6.45, 7) is 3.64. The van der Waals surface area contributed by atoms with E-state index in [1.165, 1.54) is 16.5 Å². The minimum Gasteiger partial charge on any atom is -0.352 e. The Morgan fingerprint density at radius 1 is 1.27 bits per heavy atom. The average molecular weight is 293 g/mol. The van der Waals surface area contributed by atoms with Gasteiger partial charge in [0.15, 0.2) is 0 Å². The Kier molecular flexibility index (Phi) is 4.19. The van der Waals surface area contributed by atoms with Gasteiger partial charge in [0.25, 0.3) is 5.91 Å². The normalized spacial score (nSPS) is 10.8. The maximum Gasteiger partial charge on any atom is 0.252 e. The fourth-order valence-electron chi connectivity index (χ4n) is 2.57. The minimum atomic E-state index is -0.0684. The van der Waals surface area contributed by atoms with Crippen molar-refractivity contribution in [2.45, 2.75) is 19.9 Å². The number of aryl methyl sites for hydroxylation is 2. The van der Waals surface area contributed by atoms with Crippen LogP contribution in [0.4, 0.5) is 0 Å². The molecule has 1 N–H and O–H groups in total. The summed E-state index contributed by atoms with van der Waals surface area (Å²) in [6.07, 6.45) is 6.24. The van der Waals surface area contributed by atoms with E-state index >= 15 is 0 Å². The van der Waals surface area contributed by atoms with Crippen molar-refractivity contribution in [1.82, 2.24) is 14.9 Å². The van der Waals surface area contributed by atoms with Crippen LogP contribution in [0.15, 0.2) is 55.0 Å². The summed E-state index contributed by atoms with van der Waals surface area (Å²) >= 11 is 0. The Labute approximate surface area is 129 Å². The molecule has 0 aliphatic rings. The van der Waals surface area contributed by atoms with Crippen LogP contribution < -0.4 is 5.32 Å². The van der Waals surface area contributed by atoms with Gasteiger partial charge in [0.1, 0.15) is 0 Å². The van der Waals surface area contributed by atoms with Crippen molar-refractivity contribution in [3.8, 4) is 0 Å². The summed E-state index contributed by atoms with van der Waals surface area (Å²) in [6, 6.07) is 12.1. The number of pyridine rings is 1. The largest absolute Gasteiger partial charge is 0.352 e. The number of benzene rings is 1. The monoisotopic (exact) mass is 293 g/mol. The van der Waals surface area contributed by atoms with E-state index in [0.29, 0.717) is 12.1 Å². The molecule has 112 valence electrons. The molecule has 2 aromatic heterocycles. The molecule has 22 heavy (non-hydrogen) atoms. The van der Waals surface area contributed by atoms with E-state index in [4.69, 9.17) is 0 Å². The lowest BCUT2D eigenvalue weighted by molar-refractivity contribution is 0.0952. The van der Waals surface area contributed by atoms with Crippen molar-refractivity contribution in [1.29, 1.82) is 0 Å². The molecule has 1 amide bonds. The molecule has 0 saturated heterocycles. The van der Waals surface area contributed by atoms with Crippen LogP contribution in [-0.4, -0.2) is 22.0 Å². The van der Waals surface area contributed by atoms with Crippen LogP contribution in [0.25, 0.3) is 10.9 Å². The summed E-state index contributed by atoms with van der Waals surface area (Å²) in [5, 5.41) is 4.19. The lowest BCUT2D eigenvalue weighted by Gasteiger charge is -2.07. The predicted molar refractivity (Wildman–Crippen MR) is 87.9 cm³/mol. The molecule has 0 atom stereocenters. The zero-order valence-electron chi connectivity index (χ0n) is 12.6. The smallest absolute Gasteiger partial charge is 0.252 e. The highest BCUT2D eigenvalue weighted by molar-refractivity contribution is 5.93. The van der Waals surface area contributed by atoms with Crippen molar-refractivity contribution < 1.29 is 4.79 Å². The lowest BCUT2D eigenvalue weighted by atomic mass is 10.2. The molecule has 0 fully saturated rings. The summed E-state index contributed by atoms with van der Waals surface area (Å²) < 4.78 is 2.23. The Hall–Kier alpha value is -2.62. The summed E-state index contributed by atoms with van der Waals surface area (Å²) in [4.78, 5) is 15.8. The summed E-state index contributed by atoms with van der Waals surface area (Å²) in [5.41, 5.74) is 3.11. The van der Waals surface area contributed by atoms with Crippen molar-refractivity contribution >= 4 is 16.8 Å². The first-order valence-corrected chi connectivity index (χ1v) is 7.48. The molecular formula is C18H19N3O. The first-order valence-electron chi connectivity index (χ1n) is 7.48. The van der Waals surface area contributed by atoms with Crippen LogP contribution in [0.1, 0.15) is 22.3 Å². The average Bonchev–Trinajstić information content (AvgIpc) is 2.94. The van der Waals surface area contributed by atoms with Gasteiger partial charge in [-0.05, 0) is 49.1 Å². The molecule has 0 aliphatic carbocycles. The number of hydrogen-bond donors (Lipinski definition) is 1. The number of hydrogen-bond acceptors (Lipinski definition) is 2. The highest BCUT2D eigenvalue weighted by atomic mass is 16.1. The molecule has 3 aromatic rings. The van der Waals surface area contributed by atoms with Crippen LogP contribution in [0.3, 0.4) is 0 Å². The van der Waals surface area contributed by atoms with Gasteiger partial charge >= 0.3 is 0 Å². The van der Waals surface area contributed by atoms with E-state index in [2.05, 4.69) is 52.3 Å². The zero-order valence-corrected chi connectivity index (χ0v) is 12.6. The second-order valence-electron chi connectivity index (χ2n) is 5.42. The molecule has 4 heteroatoms. The van der Waals surface area contributed by atoms with Gasteiger partial charge in [0.2, 0.25) is 0 Å². The Balaban J connectivity index is 1.53. The van der Waals surface area contributed by atoms with Crippen LogP contribution in [-0.2, 0) is 6.54 Å². The number of aromatic nitrogens is 2. The van der Waals surface area contributed by atoms with Gasteiger partial charge in [-0.2, -0.15) is 0 Å². The number of amides is 1. The number of carbonyl (C=O) groups excluding carboxylic acids is 1. The van der Waals surface area contributed by atoms with Crippen molar-refractivity contribution in [3.63, 3.8) is 0 Å². The molecule has 0 radical (unpaired) electrons. The van der Waals surface area contributed by atoms with Crippen molar-refractivity contribution in [2.75, 3.05) is 6.54 Å². The predicted octanol–water partition coefficient (Wildman–Crippen LogP) is 3.16. The molecular weight excluding hydrogens is 274 g/mol. The first kappa shape index (κ1) is 14.3. The highest BCUT2D eigenvalue weighted by Gasteiger charge is 2.04.